The molecule has 3 rings (SSSR count). The van der Waals surface area contributed by atoms with Crippen LogP contribution in [0, 0.1) is 6.92 Å². The first-order valence-electron chi connectivity index (χ1n) is 6.61. The lowest BCUT2D eigenvalue weighted by molar-refractivity contribution is 0.0568. The normalized spacial score (nSPS) is 11.2. The van der Waals surface area contributed by atoms with Gasteiger partial charge in [-0.25, -0.2) is 14.3 Å². The number of aromatic nitrogens is 5. The Balaban J connectivity index is 2.16. The maximum atomic E-state index is 12.7. The van der Waals surface area contributed by atoms with E-state index in [0.29, 0.717) is 32.8 Å². The molecule has 0 aliphatic rings. The van der Waals surface area contributed by atoms with Crippen molar-refractivity contribution in [1.29, 1.82) is 0 Å². The summed E-state index contributed by atoms with van der Waals surface area (Å²) in [6.45, 7) is -1.02. The smallest absolute Gasteiger partial charge is 0.333 e. The Morgan fingerprint density at radius 2 is 2.00 bits per heavy atom. The average Bonchev–Trinajstić information content (AvgIpc) is 3.13. The van der Waals surface area contributed by atoms with Gasteiger partial charge < -0.3 is 4.74 Å². The summed E-state index contributed by atoms with van der Waals surface area (Å²) in [5.41, 5.74) is 0.815. The van der Waals surface area contributed by atoms with E-state index in [2.05, 4.69) is 15.2 Å². The summed E-state index contributed by atoms with van der Waals surface area (Å²) in [6.07, 6.45) is 1.18. The fraction of sp³-hybridized carbons (Fsp3) is 0.214. The molecule has 0 saturated carbocycles. The van der Waals surface area contributed by atoms with Crippen LogP contribution in [0.25, 0.3) is 17.2 Å². The van der Waals surface area contributed by atoms with Crippen molar-refractivity contribution in [1.82, 2.24) is 24.5 Å². The maximum absolute atomic E-state index is 12.7. The van der Waals surface area contributed by atoms with E-state index in [1.807, 2.05) is 0 Å². The Bertz CT molecular complexity index is 846. The number of nitrogens with zero attached hydrogens (tertiary/aromatic N) is 5. The molecule has 0 aliphatic heterocycles. The molecular weight excluding hydrogens is 328 g/mol. The maximum Gasteiger partial charge on any atom is 0.333 e. The van der Waals surface area contributed by atoms with E-state index in [0.717, 1.165) is 0 Å². The van der Waals surface area contributed by atoms with Crippen LogP contribution in [-0.4, -0.2) is 31.7 Å². The highest BCUT2D eigenvalue weighted by Crippen LogP contribution is 2.29. The van der Waals surface area contributed by atoms with Crippen LogP contribution in [0.1, 0.15) is 12.4 Å². The summed E-state index contributed by atoms with van der Waals surface area (Å²) in [6, 6.07) is 6.47. The van der Waals surface area contributed by atoms with E-state index in [9.17, 15) is 8.78 Å². The van der Waals surface area contributed by atoms with Crippen LogP contribution < -0.4 is 4.74 Å². The molecule has 0 radical (unpaired) electrons. The predicted octanol–water partition coefficient (Wildman–Crippen LogP) is 3.50. The fourth-order valence-corrected chi connectivity index (χ4v) is 2.31. The molecule has 0 N–H and O–H groups in total. The Morgan fingerprint density at radius 1 is 1.22 bits per heavy atom. The van der Waals surface area contributed by atoms with E-state index >= 15 is 0 Å². The summed E-state index contributed by atoms with van der Waals surface area (Å²) in [4.78, 5) is 4.27. The number of ether oxygens (including phenoxy) is 1. The zero-order valence-electron chi connectivity index (χ0n) is 12.2. The summed E-state index contributed by atoms with van der Waals surface area (Å²) < 4.78 is 32.8. The third-order valence-electron chi connectivity index (χ3n) is 3.12. The van der Waals surface area contributed by atoms with Crippen molar-refractivity contribution in [2.24, 2.45) is 0 Å². The Kier molecular flexibility index (Phi) is 3.99. The van der Waals surface area contributed by atoms with Crippen molar-refractivity contribution in [3.05, 3.63) is 41.3 Å². The lowest BCUT2D eigenvalue weighted by Crippen LogP contribution is -2.04. The second-order valence-electron chi connectivity index (χ2n) is 4.67. The fourth-order valence-electron chi connectivity index (χ4n) is 2.14. The van der Waals surface area contributed by atoms with Crippen LogP contribution in [0.5, 0.6) is 5.75 Å². The number of rotatable bonds is 4. The molecular formula is C14H12ClF2N5O. The topological polar surface area (TPSA) is 57.8 Å². The van der Waals surface area contributed by atoms with Crippen molar-refractivity contribution in [2.45, 2.75) is 13.5 Å². The van der Waals surface area contributed by atoms with Crippen LogP contribution in [0.4, 0.5) is 8.78 Å². The van der Waals surface area contributed by atoms with Crippen molar-refractivity contribution in [3.8, 4) is 23.0 Å². The molecule has 0 saturated heterocycles. The van der Waals surface area contributed by atoms with Crippen molar-refractivity contribution >= 4 is 11.6 Å². The number of methoxy groups -OCH3 is 1. The molecule has 0 amide bonds. The minimum atomic E-state index is -2.72. The van der Waals surface area contributed by atoms with Gasteiger partial charge in [0.15, 0.2) is 5.82 Å². The van der Waals surface area contributed by atoms with Gasteiger partial charge in [0, 0.05) is 11.2 Å². The van der Waals surface area contributed by atoms with E-state index in [1.165, 1.54) is 24.1 Å². The third-order valence-corrected chi connectivity index (χ3v) is 3.35. The molecule has 0 aliphatic carbocycles. The number of benzene rings is 1. The molecule has 0 fully saturated rings. The Hall–Kier alpha value is -2.48. The Morgan fingerprint density at radius 3 is 2.65 bits per heavy atom. The summed E-state index contributed by atoms with van der Waals surface area (Å²) in [5.74, 6) is 1.31. The third kappa shape index (κ3) is 2.89. The van der Waals surface area contributed by atoms with Crippen molar-refractivity contribution in [3.63, 3.8) is 0 Å². The van der Waals surface area contributed by atoms with Crippen LogP contribution in [0.15, 0.2) is 30.5 Å². The molecule has 3 aromatic rings. The average molecular weight is 340 g/mol. The van der Waals surface area contributed by atoms with E-state index in [4.69, 9.17) is 16.3 Å². The van der Waals surface area contributed by atoms with Gasteiger partial charge in [-0.3, -0.25) is 0 Å². The van der Waals surface area contributed by atoms with Crippen LogP contribution in [-0.2, 0) is 0 Å². The standard InChI is InChI=1S/C14H12ClF2N5O/c1-8-18-13(10-5-6-21(20-10)14(16)17)22(19-8)11-7-9(15)3-4-12(11)23-2/h3-7,14H,1-2H3. The van der Waals surface area contributed by atoms with E-state index in [-0.39, 0.29) is 5.69 Å². The lowest BCUT2D eigenvalue weighted by Gasteiger charge is -2.10. The highest BCUT2D eigenvalue weighted by molar-refractivity contribution is 6.30. The van der Waals surface area contributed by atoms with Crippen molar-refractivity contribution in [2.75, 3.05) is 7.11 Å². The van der Waals surface area contributed by atoms with Gasteiger partial charge >= 0.3 is 6.55 Å². The number of hydrogen-bond acceptors (Lipinski definition) is 4. The zero-order chi connectivity index (χ0) is 16.6. The van der Waals surface area contributed by atoms with Gasteiger partial charge in [-0.05, 0) is 31.2 Å². The zero-order valence-corrected chi connectivity index (χ0v) is 13.0. The highest BCUT2D eigenvalue weighted by Gasteiger charge is 2.19. The molecule has 2 heterocycles. The largest absolute Gasteiger partial charge is 0.494 e. The summed E-state index contributed by atoms with van der Waals surface area (Å²) in [5, 5.41) is 8.60. The number of halogens is 3. The molecule has 9 heteroatoms. The van der Waals surface area contributed by atoms with Gasteiger partial charge in [0.05, 0.1) is 7.11 Å². The molecule has 0 unspecified atom stereocenters. The van der Waals surface area contributed by atoms with E-state index in [1.54, 1.807) is 25.1 Å². The van der Waals surface area contributed by atoms with Crippen LogP contribution in [0.3, 0.4) is 0 Å². The number of alkyl halides is 2. The minimum absolute atomic E-state index is 0.271. The summed E-state index contributed by atoms with van der Waals surface area (Å²) >= 11 is 6.04. The van der Waals surface area contributed by atoms with Crippen LogP contribution >= 0.6 is 11.6 Å². The summed E-state index contributed by atoms with van der Waals surface area (Å²) in [7, 11) is 1.52. The highest BCUT2D eigenvalue weighted by atomic mass is 35.5. The van der Waals surface area contributed by atoms with Crippen LogP contribution in [0.2, 0.25) is 5.02 Å². The first-order valence-corrected chi connectivity index (χ1v) is 6.98. The molecule has 0 spiro atoms. The predicted molar refractivity (Wildman–Crippen MR) is 80.1 cm³/mol. The molecule has 2 aromatic heterocycles. The molecule has 6 nitrogen and oxygen atoms in total. The lowest BCUT2D eigenvalue weighted by atomic mass is 10.3. The molecule has 0 atom stereocenters. The quantitative estimate of drug-likeness (QED) is 0.730. The van der Waals surface area contributed by atoms with E-state index < -0.39 is 6.55 Å². The second kappa shape index (κ2) is 5.96. The van der Waals surface area contributed by atoms with Gasteiger partial charge in [0.2, 0.25) is 0 Å². The molecule has 23 heavy (non-hydrogen) atoms. The first kappa shape index (κ1) is 15.4. The molecule has 0 bridgehead atoms. The number of aryl methyl sites for hydroxylation is 1. The SMILES string of the molecule is COc1ccc(Cl)cc1-n1nc(C)nc1-c1ccn(C(F)F)n1. The second-order valence-corrected chi connectivity index (χ2v) is 5.11. The van der Waals surface area contributed by atoms with Gasteiger partial charge in [0.1, 0.15) is 23.0 Å². The monoisotopic (exact) mass is 339 g/mol. The van der Waals surface area contributed by atoms with Gasteiger partial charge in [0.25, 0.3) is 0 Å². The minimum Gasteiger partial charge on any atom is -0.494 e. The van der Waals surface area contributed by atoms with Crippen molar-refractivity contribution < 1.29 is 13.5 Å². The van der Waals surface area contributed by atoms with Gasteiger partial charge in [-0.1, -0.05) is 11.6 Å². The van der Waals surface area contributed by atoms with Gasteiger partial charge in [-0.2, -0.15) is 19.0 Å². The number of hydrogen-bond donors (Lipinski definition) is 0. The first-order chi connectivity index (χ1) is 11.0. The molecule has 120 valence electrons. The Labute approximate surface area is 135 Å². The van der Waals surface area contributed by atoms with Gasteiger partial charge in [-0.15, -0.1) is 0 Å². The molecule has 1 aromatic carbocycles.